The number of nitrogens with zero attached hydrogens (tertiary/aromatic N) is 4. The predicted octanol–water partition coefficient (Wildman–Crippen LogP) is 3.67. The number of rotatable bonds is 3. The smallest absolute Gasteiger partial charge is 0.371 e. The highest BCUT2D eigenvalue weighted by Gasteiger charge is 2.47. The largest absolute Gasteiger partial charge is 0.408 e. The summed E-state index contributed by atoms with van der Waals surface area (Å²) in [6.45, 7) is 1.17. The van der Waals surface area contributed by atoms with Crippen LogP contribution in [0.3, 0.4) is 0 Å². The SMILES string of the molecule is O=c1cc(N2CC3CCC(C2)O3)nc2n1CCC(C(F)(F)F)N2Cc1ccc(Cl)s1. The van der Waals surface area contributed by atoms with Crippen molar-refractivity contribution in [2.75, 3.05) is 22.9 Å². The molecule has 0 aromatic carbocycles. The molecule has 162 valence electrons. The van der Waals surface area contributed by atoms with Crippen molar-refractivity contribution in [2.45, 2.75) is 56.8 Å². The first-order valence-electron chi connectivity index (χ1n) is 9.88. The second kappa shape index (κ2) is 7.42. The second-order valence-corrected chi connectivity index (χ2v) is 9.75. The van der Waals surface area contributed by atoms with Crippen LogP contribution < -0.4 is 15.4 Å². The van der Waals surface area contributed by atoms with Crippen LogP contribution in [0, 0.1) is 0 Å². The lowest BCUT2D eigenvalue weighted by Gasteiger charge is -2.40. The van der Waals surface area contributed by atoms with E-state index >= 15 is 0 Å². The minimum Gasteiger partial charge on any atom is -0.371 e. The fourth-order valence-corrected chi connectivity index (χ4v) is 5.63. The summed E-state index contributed by atoms with van der Waals surface area (Å²) in [5.74, 6) is 0.484. The zero-order valence-electron chi connectivity index (χ0n) is 15.9. The zero-order chi connectivity index (χ0) is 21.0. The Kier molecular flexibility index (Phi) is 4.98. The second-order valence-electron chi connectivity index (χ2n) is 7.95. The van der Waals surface area contributed by atoms with E-state index in [0.717, 1.165) is 12.8 Å². The molecule has 2 fully saturated rings. The van der Waals surface area contributed by atoms with Crippen LogP contribution in [0.5, 0.6) is 0 Å². The molecule has 3 aliphatic heterocycles. The molecule has 5 heterocycles. The molecule has 30 heavy (non-hydrogen) atoms. The lowest BCUT2D eigenvalue weighted by Crippen LogP contribution is -2.52. The van der Waals surface area contributed by atoms with Gasteiger partial charge < -0.3 is 14.5 Å². The van der Waals surface area contributed by atoms with E-state index in [2.05, 4.69) is 4.98 Å². The maximum Gasteiger partial charge on any atom is 0.408 e. The standard InChI is InChI=1S/C19H20ClF3N4O2S/c20-15-4-3-13(30-15)10-27-14(19(21,22)23)5-6-26-17(28)7-16(24-18(26)27)25-8-11-1-2-12(9-25)29-11/h3-4,7,11-12,14H,1-2,5-6,8-10H2. The molecule has 3 atom stereocenters. The number of hydrogen-bond donors (Lipinski definition) is 0. The Morgan fingerprint density at radius 3 is 2.57 bits per heavy atom. The van der Waals surface area contributed by atoms with Crippen molar-refractivity contribution in [1.29, 1.82) is 0 Å². The molecule has 0 radical (unpaired) electrons. The van der Waals surface area contributed by atoms with E-state index in [1.165, 1.54) is 26.9 Å². The number of thiophene rings is 1. The van der Waals surface area contributed by atoms with Crippen molar-refractivity contribution in [1.82, 2.24) is 9.55 Å². The quantitative estimate of drug-likeness (QED) is 0.699. The summed E-state index contributed by atoms with van der Waals surface area (Å²) < 4.78 is 49.2. The van der Waals surface area contributed by atoms with Crippen LogP contribution in [0.4, 0.5) is 24.9 Å². The van der Waals surface area contributed by atoms with E-state index in [1.54, 1.807) is 12.1 Å². The van der Waals surface area contributed by atoms with Crippen molar-refractivity contribution in [2.24, 2.45) is 0 Å². The Morgan fingerprint density at radius 1 is 1.20 bits per heavy atom. The van der Waals surface area contributed by atoms with Crippen LogP contribution >= 0.6 is 22.9 Å². The monoisotopic (exact) mass is 460 g/mol. The maximum atomic E-state index is 13.9. The summed E-state index contributed by atoms with van der Waals surface area (Å²) in [5.41, 5.74) is -0.330. The molecule has 0 saturated carbocycles. The third-order valence-corrected chi connectivity index (χ3v) is 7.15. The van der Waals surface area contributed by atoms with Crippen LogP contribution in [0.15, 0.2) is 23.0 Å². The van der Waals surface area contributed by atoms with Gasteiger partial charge in [-0.2, -0.15) is 18.2 Å². The van der Waals surface area contributed by atoms with Crippen molar-refractivity contribution in [3.8, 4) is 0 Å². The van der Waals surface area contributed by atoms with Gasteiger partial charge in [0.15, 0.2) is 0 Å². The van der Waals surface area contributed by atoms with E-state index in [9.17, 15) is 18.0 Å². The molecule has 3 aliphatic rings. The minimum atomic E-state index is -4.43. The Morgan fingerprint density at radius 2 is 1.93 bits per heavy atom. The molecule has 0 N–H and O–H groups in total. The topological polar surface area (TPSA) is 50.6 Å². The maximum absolute atomic E-state index is 13.9. The van der Waals surface area contributed by atoms with Crippen molar-refractivity contribution >= 4 is 34.7 Å². The molecule has 2 aromatic rings. The molecule has 0 aliphatic carbocycles. The predicted molar refractivity (Wildman–Crippen MR) is 109 cm³/mol. The highest BCUT2D eigenvalue weighted by atomic mass is 35.5. The molecule has 3 unspecified atom stereocenters. The van der Waals surface area contributed by atoms with Crippen LogP contribution in [0.1, 0.15) is 24.1 Å². The summed E-state index contributed by atoms with van der Waals surface area (Å²) in [4.78, 5) is 21.2. The number of halogens is 4. The molecule has 11 heteroatoms. The molecule has 2 aromatic heterocycles. The van der Waals surface area contributed by atoms with Gasteiger partial charge in [0.25, 0.3) is 5.56 Å². The minimum absolute atomic E-state index is 0.00812. The van der Waals surface area contributed by atoms with Gasteiger partial charge >= 0.3 is 6.18 Å². The fraction of sp³-hybridized carbons (Fsp3) is 0.579. The Bertz CT molecular complexity index is 998. The van der Waals surface area contributed by atoms with Gasteiger partial charge in [0.2, 0.25) is 5.95 Å². The molecule has 2 saturated heterocycles. The summed E-state index contributed by atoms with van der Waals surface area (Å²) in [5, 5.41) is 0. The van der Waals surface area contributed by atoms with Gasteiger partial charge in [-0.25, -0.2) is 0 Å². The third kappa shape index (κ3) is 3.69. The van der Waals surface area contributed by atoms with E-state index in [-0.39, 0.29) is 43.2 Å². The molecule has 2 bridgehead atoms. The molecule has 0 spiro atoms. The highest BCUT2D eigenvalue weighted by Crippen LogP contribution is 2.37. The number of fused-ring (bicyclic) bond motifs is 3. The fourth-order valence-electron chi connectivity index (χ4n) is 4.55. The van der Waals surface area contributed by atoms with Gasteiger partial charge in [-0.1, -0.05) is 11.6 Å². The van der Waals surface area contributed by atoms with Crippen LogP contribution in [0.25, 0.3) is 0 Å². The molecule has 0 amide bonds. The third-order valence-electron chi connectivity index (χ3n) is 5.93. The lowest BCUT2D eigenvalue weighted by atomic mass is 10.1. The van der Waals surface area contributed by atoms with Crippen LogP contribution in [0.2, 0.25) is 4.34 Å². The first-order valence-corrected chi connectivity index (χ1v) is 11.1. The summed E-state index contributed by atoms with van der Waals surface area (Å²) in [7, 11) is 0. The van der Waals surface area contributed by atoms with Crippen molar-refractivity contribution in [3.05, 3.63) is 37.8 Å². The number of morpholine rings is 1. The average Bonchev–Trinajstić information content (AvgIpc) is 3.25. The van der Waals surface area contributed by atoms with Gasteiger partial charge in [0.1, 0.15) is 11.9 Å². The first-order chi connectivity index (χ1) is 14.3. The Labute approximate surface area is 179 Å². The number of alkyl halides is 3. The summed E-state index contributed by atoms with van der Waals surface area (Å²) >= 11 is 7.21. The average molecular weight is 461 g/mol. The number of aromatic nitrogens is 2. The van der Waals surface area contributed by atoms with Crippen LogP contribution in [-0.2, 0) is 17.8 Å². The van der Waals surface area contributed by atoms with Gasteiger partial charge in [-0.05, 0) is 31.4 Å². The zero-order valence-corrected chi connectivity index (χ0v) is 17.5. The summed E-state index contributed by atoms with van der Waals surface area (Å²) in [6.07, 6.45) is -2.57. The van der Waals surface area contributed by atoms with Crippen LogP contribution in [-0.4, -0.2) is 47.1 Å². The molecular weight excluding hydrogens is 441 g/mol. The lowest BCUT2D eigenvalue weighted by molar-refractivity contribution is -0.153. The highest BCUT2D eigenvalue weighted by molar-refractivity contribution is 7.16. The van der Waals surface area contributed by atoms with Gasteiger partial charge in [0.05, 0.1) is 23.1 Å². The summed E-state index contributed by atoms with van der Waals surface area (Å²) in [6, 6.07) is 3.10. The van der Waals surface area contributed by atoms with Crippen molar-refractivity contribution < 1.29 is 17.9 Å². The number of ether oxygens (including phenoxy) is 1. The first kappa shape index (κ1) is 20.1. The Balaban J connectivity index is 1.55. The van der Waals surface area contributed by atoms with E-state index in [1.807, 2.05) is 4.90 Å². The molecule has 6 nitrogen and oxygen atoms in total. The van der Waals surface area contributed by atoms with E-state index in [4.69, 9.17) is 16.3 Å². The number of hydrogen-bond acceptors (Lipinski definition) is 6. The van der Waals surface area contributed by atoms with Gasteiger partial charge in [-0.3, -0.25) is 9.36 Å². The van der Waals surface area contributed by atoms with Gasteiger partial charge in [-0.15, -0.1) is 11.3 Å². The van der Waals surface area contributed by atoms with E-state index < -0.39 is 12.2 Å². The van der Waals surface area contributed by atoms with Gasteiger partial charge in [0, 0.05) is 30.6 Å². The van der Waals surface area contributed by atoms with E-state index in [0.29, 0.717) is 28.1 Å². The molecule has 5 rings (SSSR count). The Hall–Kier alpha value is -1.78. The molecular formula is C19H20ClF3N4O2S. The van der Waals surface area contributed by atoms with Crippen molar-refractivity contribution in [3.63, 3.8) is 0 Å². The normalized spacial score (nSPS) is 26.2. The number of anilines is 2.